The average molecular weight is 455 g/mol. The molecule has 0 aliphatic heterocycles. The van der Waals surface area contributed by atoms with E-state index in [1.807, 2.05) is 45.0 Å². The highest BCUT2D eigenvalue weighted by Crippen LogP contribution is 2.25. The molecule has 168 valence electrons. The summed E-state index contributed by atoms with van der Waals surface area (Å²) in [5.41, 5.74) is 3.39. The lowest BCUT2D eigenvalue weighted by molar-refractivity contribution is -0.120. The quantitative estimate of drug-likeness (QED) is 0.526. The van der Waals surface area contributed by atoms with Crippen LogP contribution in [0.3, 0.4) is 0 Å². The van der Waals surface area contributed by atoms with Gasteiger partial charge in [-0.15, -0.1) is 0 Å². The third-order valence-corrected chi connectivity index (χ3v) is 7.02. The van der Waals surface area contributed by atoms with Gasteiger partial charge in [0.05, 0.1) is 16.6 Å². The summed E-state index contributed by atoms with van der Waals surface area (Å²) in [6.07, 6.45) is 0.657. The number of hydrogen-bond acceptors (Lipinski definition) is 3. The van der Waals surface area contributed by atoms with E-state index in [9.17, 15) is 17.6 Å². The SMILES string of the molecule is CC[C@H](NC(=O)CN(c1ccc(C)cc1)S(=O)(=O)c1ccc(F)cc1)c1ccc(C)cc1. The minimum absolute atomic E-state index is 0.0853. The van der Waals surface area contributed by atoms with Crippen LogP contribution >= 0.6 is 0 Å². The fourth-order valence-electron chi connectivity index (χ4n) is 3.35. The van der Waals surface area contributed by atoms with Gasteiger partial charge < -0.3 is 5.32 Å². The zero-order chi connectivity index (χ0) is 23.3. The number of nitrogens with zero attached hydrogens (tertiary/aromatic N) is 1. The lowest BCUT2D eigenvalue weighted by atomic mass is 10.0. The Hall–Kier alpha value is -3.19. The molecule has 0 heterocycles. The van der Waals surface area contributed by atoms with Crippen LogP contribution in [0, 0.1) is 19.7 Å². The van der Waals surface area contributed by atoms with Crippen molar-refractivity contribution in [1.29, 1.82) is 0 Å². The normalized spacial score (nSPS) is 12.2. The van der Waals surface area contributed by atoms with Gasteiger partial charge in [-0.2, -0.15) is 0 Å². The summed E-state index contributed by atoms with van der Waals surface area (Å²) < 4.78 is 41.1. The lowest BCUT2D eigenvalue weighted by Crippen LogP contribution is -2.42. The number of sulfonamides is 1. The molecule has 0 saturated carbocycles. The van der Waals surface area contributed by atoms with Gasteiger partial charge in [-0.05, 0) is 62.2 Å². The van der Waals surface area contributed by atoms with Crippen LogP contribution in [0.1, 0.15) is 36.1 Å². The van der Waals surface area contributed by atoms with Gasteiger partial charge in [0, 0.05) is 0 Å². The van der Waals surface area contributed by atoms with E-state index < -0.39 is 28.3 Å². The molecule has 0 unspecified atom stereocenters. The largest absolute Gasteiger partial charge is 0.348 e. The van der Waals surface area contributed by atoms with Gasteiger partial charge in [0.2, 0.25) is 5.91 Å². The molecule has 0 aromatic heterocycles. The third kappa shape index (κ3) is 5.53. The number of carbonyl (C=O) groups excluding carboxylic acids is 1. The second-order valence-corrected chi connectivity index (χ2v) is 9.60. The molecule has 3 rings (SSSR count). The molecule has 0 aliphatic rings. The minimum Gasteiger partial charge on any atom is -0.348 e. The number of anilines is 1. The molecule has 1 amide bonds. The predicted octanol–water partition coefficient (Wildman–Crippen LogP) is 4.91. The molecular weight excluding hydrogens is 427 g/mol. The second kappa shape index (κ2) is 9.96. The molecule has 0 saturated heterocycles. The van der Waals surface area contributed by atoms with Crippen molar-refractivity contribution in [1.82, 2.24) is 5.32 Å². The highest BCUT2D eigenvalue weighted by molar-refractivity contribution is 7.92. The summed E-state index contributed by atoms with van der Waals surface area (Å²) in [5, 5.41) is 2.94. The first-order valence-electron chi connectivity index (χ1n) is 10.4. The van der Waals surface area contributed by atoms with Gasteiger partial charge >= 0.3 is 0 Å². The number of carbonyl (C=O) groups is 1. The Balaban J connectivity index is 1.89. The van der Waals surface area contributed by atoms with Gasteiger partial charge in [0.1, 0.15) is 12.4 Å². The van der Waals surface area contributed by atoms with E-state index in [1.54, 1.807) is 24.3 Å². The van der Waals surface area contributed by atoms with E-state index in [0.29, 0.717) is 12.1 Å². The van der Waals surface area contributed by atoms with Crippen molar-refractivity contribution in [3.63, 3.8) is 0 Å². The number of rotatable bonds is 8. The Morgan fingerprint density at radius 3 is 1.97 bits per heavy atom. The van der Waals surface area contributed by atoms with Crippen molar-refractivity contribution in [2.45, 2.75) is 38.1 Å². The number of amides is 1. The molecule has 0 bridgehead atoms. The van der Waals surface area contributed by atoms with Crippen LogP contribution in [0.25, 0.3) is 0 Å². The summed E-state index contributed by atoms with van der Waals surface area (Å²) in [6, 6.07) is 19.1. The molecule has 1 atom stereocenters. The topological polar surface area (TPSA) is 66.5 Å². The van der Waals surface area contributed by atoms with Crippen molar-refractivity contribution in [2.75, 3.05) is 10.8 Å². The van der Waals surface area contributed by atoms with Gasteiger partial charge in [-0.3, -0.25) is 9.10 Å². The molecule has 3 aromatic rings. The standard InChI is InChI=1S/C25H27FN2O3S/c1-4-24(20-9-5-18(2)6-10-20)27-25(29)17-28(22-13-7-19(3)8-14-22)32(30,31)23-15-11-21(26)12-16-23/h5-16,24H,4,17H2,1-3H3,(H,27,29)/t24-/m0/s1. The molecule has 0 radical (unpaired) electrons. The first kappa shape index (κ1) is 23.5. The number of halogens is 1. The molecule has 0 fully saturated rings. The summed E-state index contributed by atoms with van der Waals surface area (Å²) >= 11 is 0. The van der Waals surface area contributed by atoms with Crippen molar-refractivity contribution < 1.29 is 17.6 Å². The first-order valence-corrected chi connectivity index (χ1v) is 11.9. The van der Waals surface area contributed by atoms with Crippen molar-refractivity contribution >= 4 is 21.6 Å². The Morgan fingerprint density at radius 2 is 1.44 bits per heavy atom. The summed E-state index contributed by atoms with van der Waals surface area (Å²) in [5.74, 6) is -0.962. The zero-order valence-corrected chi connectivity index (χ0v) is 19.2. The van der Waals surface area contributed by atoms with E-state index >= 15 is 0 Å². The van der Waals surface area contributed by atoms with E-state index in [2.05, 4.69) is 5.32 Å². The van der Waals surface area contributed by atoms with Gasteiger partial charge in [-0.25, -0.2) is 12.8 Å². The Labute approximate surface area is 188 Å². The lowest BCUT2D eigenvalue weighted by Gasteiger charge is -2.26. The van der Waals surface area contributed by atoms with Crippen LogP contribution in [-0.4, -0.2) is 20.9 Å². The van der Waals surface area contributed by atoms with Crippen molar-refractivity contribution in [2.24, 2.45) is 0 Å². The van der Waals surface area contributed by atoms with Crippen LogP contribution in [0.5, 0.6) is 0 Å². The molecule has 5 nitrogen and oxygen atoms in total. The zero-order valence-electron chi connectivity index (χ0n) is 18.4. The van der Waals surface area contributed by atoms with E-state index in [1.165, 1.54) is 12.1 Å². The summed E-state index contributed by atoms with van der Waals surface area (Å²) in [4.78, 5) is 12.9. The van der Waals surface area contributed by atoms with Gasteiger partial charge in [-0.1, -0.05) is 54.4 Å². The van der Waals surface area contributed by atoms with Crippen LogP contribution in [0.15, 0.2) is 77.7 Å². The molecule has 0 spiro atoms. The van der Waals surface area contributed by atoms with Crippen LogP contribution < -0.4 is 9.62 Å². The van der Waals surface area contributed by atoms with Gasteiger partial charge in [0.25, 0.3) is 10.0 Å². The molecule has 1 N–H and O–H groups in total. The highest BCUT2D eigenvalue weighted by Gasteiger charge is 2.28. The Kier molecular flexibility index (Phi) is 7.30. The summed E-state index contributed by atoms with van der Waals surface area (Å²) in [6.45, 7) is 5.44. The molecule has 7 heteroatoms. The molecular formula is C25H27FN2O3S. The van der Waals surface area contributed by atoms with Crippen LogP contribution in [0.4, 0.5) is 10.1 Å². The number of aryl methyl sites for hydroxylation is 2. The van der Waals surface area contributed by atoms with Crippen molar-refractivity contribution in [3.05, 3.63) is 95.3 Å². The summed E-state index contributed by atoms with van der Waals surface area (Å²) in [7, 11) is -4.09. The molecule has 32 heavy (non-hydrogen) atoms. The number of hydrogen-bond donors (Lipinski definition) is 1. The smallest absolute Gasteiger partial charge is 0.264 e. The maximum absolute atomic E-state index is 13.4. The van der Waals surface area contributed by atoms with Crippen LogP contribution in [0.2, 0.25) is 0 Å². The van der Waals surface area contributed by atoms with Crippen LogP contribution in [-0.2, 0) is 14.8 Å². The number of nitrogens with one attached hydrogen (secondary N) is 1. The van der Waals surface area contributed by atoms with E-state index in [0.717, 1.165) is 33.1 Å². The Morgan fingerprint density at radius 1 is 0.906 bits per heavy atom. The maximum Gasteiger partial charge on any atom is 0.264 e. The molecule has 3 aromatic carbocycles. The fourth-order valence-corrected chi connectivity index (χ4v) is 4.77. The van der Waals surface area contributed by atoms with Crippen molar-refractivity contribution in [3.8, 4) is 0 Å². The monoisotopic (exact) mass is 454 g/mol. The second-order valence-electron chi connectivity index (χ2n) is 7.74. The van der Waals surface area contributed by atoms with E-state index in [-0.39, 0.29) is 10.9 Å². The number of benzene rings is 3. The van der Waals surface area contributed by atoms with E-state index in [4.69, 9.17) is 0 Å². The first-order chi connectivity index (χ1) is 15.2. The van der Waals surface area contributed by atoms with Gasteiger partial charge in [0.15, 0.2) is 0 Å². The fraction of sp³-hybridized carbons (Fsp3) is 0.240. The predicted molar refractivity (Wildman–Crippen MR) is 124 cm³/mol. The average Bonchev–Trinajstić information content (AvgIpc) is 2.77. The minimum atomic E-state index is -4.09. The maximum atomic E-state index is 13.4. The molecule has 0 aliphatic carbocycles. The highest BCUT2D eigenvalue weighted by atomic mass is 32.2. The Bertz CT molecular complexity index is 1160. The third-order valence-electron chi connectivity index (χ3n) is 5.23.